The standard InChI is InChI=1S/C21H20O3/c1-21(2)14-8-6-5-7-12(14)18-15(21)11-16(22)13-9-10-17(23-3)20(24-4)19(13)18/h5-11,22H,1-4H3. The topological polar surface area (TPSA) is 38.7 Å². The summed E-state index contributed by atoms with van der Waals surface area (Å²) >= 11 is 0. The second-order valence-electron chi connectivity index (χ2n) is 6.71. The Morgan fingerprint density at radius 1 is 0.917 bits per heavy atom. The maximum Gasteiger partial charge on any atom is 0.169 e. The van der Waals surface area contributed by atoms with Gasteiger partial charge in [-0.15, -0.1) is 0 Å². The molecular weight excluding hydrogens is 300 g/mol. The van der Waals surface area contributed by atoms with Gasteiger partial charge >= 0.3 is 0 Å². The highest BCUT2D eigenvalue weighted by Crippen LogP contribution is 2.55. The van der Waals surface area contributed by atoms with Gasteiger partial charge in [0.05, 0.1) is 14.2 Å². The molecule has 0 unspecified atom stereocenters. The molecule has 0 aliphatic heterocycles. The highest BCUT2D eigenvalue weighted by atomic mass is 16.5. The van der Waals surface area contributed by atoms with Crippen molar-refractivity contribution in [2.45, 2.75) is 19.3 Å². The van der Waals surface area contributed by atoms with E-state index in [1.807, 2.05) is 18.2 Å². The lowest BCUT2D eigenvalue weighted by atomic mass is 9.82. The predicted molar refractivity (Wildman–Crippen MR) is 96.3 cm³/mol. The van der Waals surface area contributed by atoms with Gasteiger partial charge in [0.1, 0.15) is 5.75 Å². The van der Waals surface area contributed by atoms with Crippen LogP contribution in [0, 0.1) is 0 Å². The molecule has 4 rings (SSSR count). The third-order valence-corrected chi connectivity index (χ3v) is 5.17. The molecule has 122 valence electrons. The summed E-state index contributed by atoms with van der Waals surface area (Å²) in [5.74, 6) is 1.60. The van der Waals surface area contributed by atoms with E-state index in [1.54, 1.807) is 14.2 Å². The van der Waals surface area contributed by atoms with Gasteiger partial charge in [0.2, 0.25) is 0 Å². The van der Waals surface area contributed by atoms with Crippen molar-refractivity contribution in [3.8, 4) is 28.4 Å². The zero-order valence-corrected chi connectivity index (χ0v) is 14.3. The van der Waals surface area contributed by atoms with Gasteiger partial charge in [0, 0.05) is 16.2 Å². The van der Waals surface area contributed by atoms with Crippen molar-refractivity contribution in [1.29, 1.82) is 0 Å². The van der Waals surface area contributed by atoms with E-state index in [2.05, 4.69) is 38.1 Å². The van der Waals surface area contributed by atoms with Crippen molar-refractivity contribution in [2.24, 2.45) is 0 Å². The number of ether oxygens (including phenoxy) is 2. The predicted octanol–water partition coefficient (Wildman–Crippen LogP) is 4.87. The Hall–Kier alpha value is -2.68. The van der Waals surface area contributed by atoms with E-state index in [0.717, 1.165) is 21.9 Å². The molecule has 0 aromatic heterocycles. The minimum Gasteiger partial charge on any atom is -0.507 e. The number of hydrogen-bond donors (Lipinski definition) is 1. The number of phenols is 1. The van der Waals surface area contributed by atoms with Crippen LogP contribution in [0.25, 0.3) is 21.9 Å². The number of rotatable bonds is 2. The van der Waals surface area contributed by atoms with Gasteiger partial charge in [-0.3, -0.25) is 0 Å². The summed E-state index contributed by atoms with van der Waals surface area (Å²) in [6, 6.07) is 14.0. The van der Waals surface area contributed by atoms with Gasteiger partial charge in [-0.25, -0.2) is 0 Å². The van der Waals surface area contributed by atoms with Gasteiger partial charge in [-0.1, -0.05) is 38.1 Å². The molecule has 3 heteroatoms. The van der Waals surface area contributed by atoms with Crippen LogP contribution in [0.15, 0.2) is 42.5 Å². The first-order valence-electron chi connectivity index (χ1n) is 8.01. The lowest BCUT2D eigenvalue weighted by Gasteiger charge is -2.22. The second kappa shape index (κ2) is 4.91. The van der Waals surface area contributed by atoms with Crippen molar-refractivity contribution in [2.75, 3.05) is 14.2 Å². The summed E-state index contributed by atoms with van der Waals surface area (Å²) in [7, 11) is 3.27. The summed E-state index contributed by atoms with van der Waals surface area (Å²) in [5.41, 5.74) is 4.51. The minimum absolute atomic E-state index is 0.175. The fourth-order valence-corrected chi connectivity index (χ4v) is 3.97. The van der Waals surface area contributed by atoms with E-state index in [1.165, 1.54) is 11.1 Å². The van der Waals surface area contributed by atoms with Crippen LogP contribution in [0.2, 0.25) is 0 Å². The van der Waals surface area contributed by atoms with E-state index in [-0.39, 0.29) is 11.2 Å². The Labute approximate surface area is 141 Å². The van der Waals surface area contributed by atoms with Crippen molar-refractivity contribution in [1.82, 2.24) is 0 Å². The lowest BCUT2D eigenvalue weighted by molar-refractivity contribution is 0.358. The molecule has 0 heterocycles. The zero-order chi connectivity index (χ0) is 17.1. The van der Waals surface area contributed by atoms with Gasteiger partial charge < -0.3 is 14.6 Å². The van der Waals surface area contributed by atoms with Crippen LogP contribution in [0.5, 0.6) is 17.2 Å². The summed E-state index contributed by atoms with van der Waals surface area (Å²) < 4.78 is 11.2. The Morgan fingerprint density at radius 3 is 2.38 bits per heavy atom. The first kappa shape index (κ1) is 14.9. The summed E-state index contributed by atoms with van der Waals surface area (Å²) in [6.45, 7) is 4.38. The maximum atomic E-state index is 10.6. The smallest absolute Gasteiger partial charge is 0.169 e. The van der Waals surface area contributed by atoms with Gasteiger partial charge in [-0.2, -0.15) is 0 Å². The average Bonchev–Trinajstić information content (AvgIpc) is 2.82. The Balaban J connectivity index is 2.26. The van der Waals surface area contributed by atoms with Crippen molar-refractivity contribution >= 4 is 10.8 Å². The van der Waals surface area contributed by atoms with Gasteiger partial charge in [0.25, 0.3) is 0 Å². The molecule has 1 aliphatic rings. The first-order valence-corrected chi connectivity index (χ1v) is 8.01. The molecular formula is C21H20O3. The molecule has 0 bridgehead atoms. The molecule has 0 spiro atoms. The van der Waals surface area contributed by atoms with Crippen molar-refractivity contribution in [3.63, 3.8) is 0 Å². The number of methoxy groups -OCH3 is 2. The molecule has 1 N–H and O–H groups in total. The van der Waals surface area contributed by atoms with E-state index in [0.29, 0.717) is 11.5 Å². The van der Waals surface area contributed by atoms with Crippen LogP contribution < -0.4 is 9.47 Å². The van der Waals surface area contributed by atoms with Crippen LogP contribution >= 0.6 is 0 Å². The number of phenolic OH excluding ortho intramolecular Hbond substituents is 1. The summed E-state index contributed by atoms with van der Waals surface area (Å²) in [5, 5.41) is 12.3. The molecule has 3 aromatic rings. The fraction of sp³-hybridized carbons (Fsp3) is 0.238. The lowest BCUT2D eigenvalue weighted by Crippen LogP contribution is -2.14. The Bertz CT molecular complexity index is 970. The second-order valence-corrected chi connectivity index (χ2v) is 6.71. The monoisotopic (exact) mass is 320 g/mol. The van der Waals surface area contributed by atoms with Crippen LogP contribution in [-0.2, 0) is 5.41 Å². The molecule has 0 amide bonds. The van der Waals surface area contributed by atoms with E-state index >= 15 is 0 Å². The first-order chi connectivity index (χ1) is 11.5. The van der Waals surface area contributed by atoms with Crippen LogP contribution in [0.3, 0.4) is 0 Å². The van der Waals surface area contributed by atoms with E-state index < -0.39 is 0 Å². The molecule has 24 heavy (non-hydrogen) atoms. The molecule has 0 atom stereocenters. The average molecular weight is 320 g/mol. The number of hydrogen-bond acceptors (Lipinski definition) is 3. The highest BCUT2D eigenvalue weighted by Gasteiger charge is 2.38. The van der Waals surface area contributed by atoms with Crippen LogP contribution in [0.4, 0.5) is 0 Å². The minimum atomic E-state index is -0.175. The van der Waals surface area contributed by atoms with Gasteiger partial charge in [0.15, 0.2) is 11.5 Å². The van der Waals surface area contributed by atoms with Crippen LogP contribution in [-0.4, -0.2) is 19.3 Å². The third kappa shape index (κ3) is 1.72. The number of fused-ring (bicyclic) bond motifs is 5. The number of aromatic hydroxyl groups is 1. The Kier molecular flexibility index (Phi) is 3.04. The maximum absolute atomic E-state index is 10.6. The largest absolute Gasteiger partial charge is 0.507 e. The highest BCUT2D eigenvalue weighted by molar-refractivity contribution is 6.09. The SMILES string of the molecule is COc1ccc2c(O)cc3c(c2c1OC)-c1ccccc1C3(C)C. The quantitative estimate of drug-likeness (QED) is 0.732. The molecule has 0 saturated carbocycles. The molecule has 0 saturated heterocycles. The molecule has 3 aromatic carbocycles. The van der Waals surface area contributed by atoms with Gasteiger partial charge in [-0.05, 0) is 40.5 Å². The number of benzene rings is 3. The fourth-order valence-electron chi connectivity index (χ4n) is 3.97. The van der Waals surface area contributed by atoms with Crippen molar-refractivity contribution < 1.29 is 14.6 Å². The van der Waals surface area contributed by atoms with E-state index in [4.69, 9.17) is 9.47 Å². The molecule has 1 aliphatic carbocycles. The summed E-state index contributed by atoms with van der Waals surface area (Å²) in [4.78, 5) is 0. The Morgan fingerprint density at radius 2 is 1.67 bits per heavy atom. The summed E-state index contributed by atoms with van der Waals surface area (Å²) in [6.07, 6.45) is 0. The normalized spacial score (nSPS) is 14.3. The molecule has 3 nitrogen and oxygen atoms in total. The zero-order valence-electron chi connectivity index (χ0n) is 14.3. The van der Waals surface area contributed by atoms with Crippen LogP contribution in [0.1, 0.15) is 25.0 Å². The van der Waals surface area contributed by atoms with E-state index in [9.17, 15) is 5.11 Å². The third-order valence-electron chi connectivity index (χ3n) is 5.17. The molecule has 0 radical (unpaired) electrons. The molecule has 0 fully saturated rings. The van der Waals surface area contributed by atoms with Crippen molar-refractivity contribution in [3.05, 3.63) is 53.6 Å².